The molecule has 0 aliphatic rings. The molecule has 146 valence electrons. The first-order valence-corrected chi connectivity index (χ1v) is 10.1. The maximum absolute atomic E-state index is 5.97. The molecule has 0 heterocycles. The first kappa shape index (κ1) is 19.8. The van der Waals surface area contributed by atoms with Crippen LogP contribution in [0.15, 0.2) is 78.9 Å². The number of unbranched alkanes of at least 4 members (excludes halogenated alkanes) is 2. The van der Waals surface area contributed by atoms with Crippen molar-refractivity contribution >= 4 is 5.69 Å². The Kier molecular flexibility index (Phi) is 7.80. The van der Waals surface area contributed by atoms with Crippen molar-refractivity contribution in [3.63, 3.8) is 0 Å². The molecule has 3 heteroatoms. The van der Waals surface area contributed by atoms with Crippen LogP contribution >= 0.6 is 0 Å². The summed E-state index contributed by atoms with van der Waals surface area (Å²) in [5.41, 5.74) is 3.36. The van der Waals surface area contributed by atoms with Gasteiger partial charge >= 0.3 is 0 Å². The van der Waals surface area contributed by atoms with Gasteiger partial charge in [0.2, 0.25) is 0 Å². The zero-order chi connectivity index (χ0) is 19.4. The summed E-state index contributed by atoms with van der Waals surface area (Å²) >= 11 is 0. The van der Waals surface area contributed by atoms with Crippen LogP contribution in [-0.4, -0.2) is 6.61 Å². The molecule has 3 aromatic rings. The van der Waals surface area contributed by atoms with Crippen LogP contribution in [0.5, 0.6) is 11.5 Å². The molecule has 0 saturated heterocycles. The predicted octanol–water partition coefficient (Wildman–Crippen LogP) is 6.45. The van der Waals surface area contributed by atoms with Crippen LogP contribution < -0.4 is 14.8 Å². The predicted molar refractivity (Wildman–Crippen MR) is 116 cm³/mol. The Hall–Kier alpha value is -2.94. The third kappa shape index (κ3) is 6.34. The zero-order valence-electron chi connectivity index (χ0n) is 16.6. The van der Waals surface area contributed by atoms with Crippen molar-refractivity contribution < 1.29 is 9.47 Å². The van der Waals surface area contributed by atoms with Crippen molar-refractivity contribution in [2.24, 2.45) is 0 Å². The highest BCUT2D eigenvalue weighted by Gasteiger charge is 2.04. The average molecular weight is 376 g/mol. The lowest BCUT2D eigenvalue weighted by Gasteiger charge is -2.13. The summed E-state index contributed by atoms with van der Waals surface area (Å²) in [4.78, 5) is 0. The van der Waals surface area contributed by atoms with Gasteiger partial charge < -0.3 is 14.8 Å². The highest BCUT2D eigenvalue weighted by Crippen LogP contribution is 2.22. The molecule has 0 radical (unpaired) electrons. The summed E-state index contributed by atoms with van der Waals surface area (Å²) in [5.74, 6) is 1.82. The lowest BCUT2D eigenvalue weighted by atomic mass is 10.2. The Bertz CT molecular complexity index is 833. The van der Waals surface area contributed by atoms with Gasteiger partial charge in [-0.3, -0.25) is 0 Å². The van der Waals surface area contributed by atoms with E-state index in [0.29, 0.717) is 13.2 Å². The molecule has 0 aliphatic heterocycles. The molecule has 0 unspecified atom stereocenters. The molecule has 0 amide bonds. The zero-order valence-corrected chi connectivity index (χ0v) is 16.6. The number of ether oxygens (including phenoxy) is 2. The number of anilines is 1. The fraction of sp³-hybridized carbons (Fsp3) is 0.280. The van der Waals surface area contributed by atoms with E-state index in [1.807, 2.05) is 48.5 Å². The van der Waals surface area contributed by atoms with Crippen molar-refractivity contribution in [1.29, 1.82) is 0 Å². The highest BCUT2D eigenvalue weighted by atomic mass is 16.5. The normalized spacial score (nSPS) is 10.5. The summed E-state index contributed by atoms with van der Waals surface area (Å²) < 4.78 is 11.9. The molecule has 0 spiro atoms. The lowest BCUT2D eigenvalue weighted by molar-refractivity contribution is 0.303. The Morgan fingerprint density at radius 3 is 2.46 bits per heavy atom. The van der Waals surface area contributed by atoms with E-state index in [-0.39, 0.29) is 0 Å². The van der Waals surface area contributed by atoms with E-state index < -0.39 is 0 Å². The molecule has 0 aliphatic carbocycles. The van der Waals surface area contributed by atoms with Gasteiger partial charge in [0.25, 0.3) is 0 Å². The maximum Gasteiger partial charge on any atom is 0.124 e. The van der Waals surface area contributed by atoms with Gasteiger partial charge in [-0.1, -0.05) is 74.4 Å². The number of hydrogen-bond acceptors (Lipinski definition) is 3. The second-order valence-electron chi connectivity index (χ2n) is 6.82. The van der Waals surface area contributed by atoms with Gasteiger partial charge in [0.1, 0.15) is 18.1 Å². The van der Waals surface area contributed by atoms with Crippen LogP contribution in [0.3, 0.4) is 0 Å². The fourth-order valence-corrected chi connectivity index (χ4v) is 2.96. The van der Waals surface area contributed by atoms with E-state index in [1.54, 1.807) is 0 Å². The third-order valence-corrected chi connectivity index (χ3v) is 4.54. The number of nitrogens with one attached hydrogen (secondary N) is 1. The Labute approximate surface area is 168 Å². The van der Waals surface area contributed by atoms with E-state index in [1.165, 1.54) is 12.8 Å². The van der Waals surface area contributed by atoms with Crippen LogP contribution in [0.1, 0.15) is 37.3 Å². The van der Waals surface area contributed by atoms with Gasteiger partial charge in [0.05, 0.1) is 6.61 Å². The van der Waals surface area contributed by atoms with Crippen LogP contribution in [0.25, 0.3) is 0 Å². The van der Waals surface area contributed by atoms with Crippen LogP contribution in [0.2, 0.25) is 0 Å². The maximum atomic E-state index is 5.97. The number of para-hydroxylation sites is 1. The average Bonchev–Trinajstić information content (AvgIpc) is 2.75. The minimum atomic E-state index is 0.568. The molecule has 1 N–H and O–H groups in total. The van der Waals surface area contributed by atoms with E-state index >= 15 is 0 Å². The van der Waals surface area contributed by atoms with Gasteiger partial charge in [0.15, 0.2) is 0 Å². The molecule has 0 aromatic heterocycles. The van der Waals surface area contributed by atoms with Crippen LogP contribution in [-0.2, 0) is 13.2 Å². The van der Waals surface area contributed by atoms with E-state index in [9.17, 15) is 0 Å². The number of hydrogen-bond donors (Lipinski definition) is 1. The monoisotopic (exact) mass is 375 g/mol. The minimum absolute atomic E-state index is 0.568. The third-order valence-electron chi connectivity index (χ3n) is 4.54. The minimum Gasteiger partial charge on any atom is -0.493 e. The molecule has 3 aromatic carbocycles. The molecular weight excluding hydrogens is 346 g/mol. The van der Waals surface area contributed by atoms with Crippen molar-refractivity contribution in [3.05, 3.63) is 90.0 Å². The van der Waals surface area contributed by atoms with Crippen molar-refractivity contribution in [2.45, 2.75) is 39.3 Å². The summed E-state index contributed by atoms with van der Waals surface area (Å²) in [6, 6.07) is 26.5. The number of rotatable bonds is 11. The van der Waals surface area contributed by atoms with Crippen molar-refractivity contribution in [1.82, 2.24) is 0 Å². The molecule has 3 rings (SSSR count). The first-order valence-electron chi connectivity index (χ1n) is 10.1. The lowest BCUT2D eigenvalue weighted by Crippen LogP contribution is -2.04. The smallest absolute Gasteiger partial charge is 0.124 e. The summed E-state index contributed by atoms with van der Waals surface area (Å²) in [5, 5.41) is 3.48. The summed E-state index contributed by atoms with van der Waals surface area (Å²) in [6.07, 6.45) is 3.50. The first-order chi connectivity index (χ1) is 13.8. The highest BCUT2D eigenvalue weighted by molar-refractivity contribution is 5.49. The molecule has 0 atom stereocenters. The SMILES string of the molecule is CCCCCOc1ccccc1CNc1cccc(OCc2ccccc2)c1. The summed E-state index contributed by atoms with van der Waals surface area (Å²) in [6.45, 7) is 4.26. The van der Waals surface area contributed by atoms with E-state index in [2.05, 4.69) is 42.6 Å². The van der Waals surface area contributed by atoms with Gasteiger partial charge in [-0.25, -0.2) is 0 Å². The van der Waals surface area contributed by atoms with Gasteiger partial charge in [-0.2, -0.15) is 0 Å². The van der Waals surface area contributed by atoms with Crippen LogP contribution in [0, 0.1) is 0 Å². The van der Waals surface area contributed by atoms with Crippen LogP contribution in [0.4, 0.5) is 5.69 Å². The molecular formula is C25H29NO2. The Morgan fingerprint density at radius 2 is 1.61 bits per heavy atom. The van der Waals surface area contributed by atoms with E-state index in [4.69, 9.17) is 9.47 Å². The molecule has 3 nitrogen and oxygen atoms in total. The van der Waals surface area contributed by atoms with Gasteiger partial charge in [-0.15, -0.1) is 0 Å². The fourth-order valence-electron chi connectivity index (χ4n) is 2.96. The molecule has 0 bridgehead atoms. The summed E-state index contributed by atoms with van der Waals surface area (Å²) in [7, 11) is 0. The number of benzene rings is 3. The second-order valence-corrected chi connectivity index (χ2v) is 6.82. The standard InChI is InChI=1S/C25H29NO2/c1-2-3-9-17-27-25-16-8-7-13-22(25)19-26-23-14-10-15-24(18-23)28-20-21-11-5-4-6-12-21/h4-8,10-16,18,26H,2-3,9,17,19-20H2,1H3. The molecule has 28 heavy (non-hydrogen) atoms. The second kappa shape index (κ2) is 11.0. The molecule has 0 saturated carbocycles. The van der Waals surface area contributed by atoms with Gasteiger partial charge in [0, 0.05) is 23.9 Å². The largest absolute Gasteiger partial charge is 0.493 e. The Balaban J connectivity index is 1.55. The topological polar surface area (TPSA) is 30.5 Å². The van der Waals surface area contributed by atoms with Gasteiger partial charge in [-0.05, 0) is 30.2 Å². The van der Waals surface area contributed by atoms with E-state index in [0.717, 1.165) is 41.3 Å². The van der Waals surface area contributed by atoms with Crippen molar-refractivity contribution in [3.8, 4) is 11.5 Å². The quantitative estimate of drug-likeness (QED) is 0.391. The Morgan fingerprint density at radius 1 is 0.786 bits per heavy atom. The molecule has 0 fully saturated rings. The van der Waals surface area contributed by atoms with Crippen molar-refractivity contribution in [2.75, 3.05) is 11.9 Å².